The average molecular weight is 995 g/mol. The molecule has 0 fully saturated rings. The van der Waals surface area contributed by atoms with Crippen LogP contribution < -0.4 is 0 Å². The minimum absolute atomic E-state index is 0. The van der Waals surface area contributed by atoms with Crippen LogP contribution in [0.2, 0.25) is 0 Å². The van der Waals surface area contributed by atoms with E-state index < -0.39 is 32.3 Å². The predicted octanol–water partition coefficient (Wildman–Crippen LogP) is 15.4. The number of fused-ring (bicyclic) bond motifs is 4. The zero-order valence-electron chi connectivity index (χ0n) is 45.6. The Morgan fingerprint density at radius 2 is 1.34 bits per heavy atom. The van der Waals surface area contributed by atoms with Crippen LogP contribution in [0.25, 0.3) is 83.6 Å². The van der Waals surface area contributed by atoms with Gasteiger partial charge in [0.15, 0.2) is 0 Å². The van der Waals surface area contributed by atoms with Gasteiger partial charge in [-0.3, -0.25) is 4.98 Å². The van der Waals surface area contributed by atoms with Crippen molar-refractivity contribution in [3.05, 3.63) is 198 Å². The topological polar surface area (TPSA) is 43.9 Å². The Kier molecular flexibility index (Phi) is 8.84. The van der Waals surface area contributed by atoms with Gasteiger partial charge in [-0.1, -0.05) is 143 Å². The van der Waals surface area contributed by atoms with Crippen LogP contribution in [0.5, 0.6) is 0 Å². The molecule has 10 rings (SSSR count). The van der Waals surface area contributed by atoms with Gasteiger partial charge in [0.2, 0.25) is 0 Å². The van der Waals surface area contributed by atoms with Gasteiger partial charge in [0.1, 0.15) is 5.58 Å². The third kappa shape index (κ3) is 8.19. The van der Waals surface area contributed by atoms with Crippen LogP contribution in [0.3, 0.4) is 0 Å². The van der Waals surface area contributed by atoms with Crippen LogP contribution in [-0.2, 0) is 20.1 Å². The second-order valence-corrected chi connectivity index (χ2v) is 15.4. The zero-order chi connectivity index (χ0) is 51.5. The van der Waals surface area contributed by atoms with Crippen molar-refractivity contribution in [1.82, 2.24) is 14.5 Å². The fraction of sp³-hybridized carbons (Fsp3) is 0.158. The van der Waals surface area contributed by atoms with E-state index in [1.165, 1.54) is 24.4 Å². The van der Waals surface area contributed by atoms with E-state index >= 15 is 0 Å². The van der Waals surface area contributed by atoms with Crippen molar-refractivity contribution in [3.63, 3.8) is 0 Å². The number of furan rings is 1. The normalized spacial score (nSPS) is 14.9. The Labute approximate surface area is 394 Å². The van der Waals surface area contributed by atoms with Crippen molar-refractivity contribution in [2.24, 2.45) is 0 Å². The van der Waals surface area contributed by atoms with Crippen molar-refractivity contribution in [2.75, 3.05) is 0 Å². The molecule has 0 amide bonds. The smallest absolute Gasteiger partial charge is 0.120 e. The van der Waals surface area contributed by atoms with Gasteiger partial charge >= 0.3 is 0 Å². The molecule has 0 spiro atoms. The summed E-state index contributed by atoms with van der Waals surface area (Å²) in [4.78, 5) is 9.19. The molecular weight excluding hydrogens is 935 g/mol. The molecule has 0 saturated carbocycles. The first kappa shape index (κ1) is 30.6. The van der Waals surface area contributed by atoms with Crippen LogP contribution in [0.15, 0.2) is 162 Å². The first-order valence-electron chi connectivity index (χ1n) is 25.6. The number of aryl methyl sites for hydroxylation is 3. The Balaban J connectivity index is 0.000000285. The van der Waals surface area contributed by atoms with Gasteiger partial charge in [-0.15, -0.1) is 53.6 Å². The molecule has 4 nitrogen and oxygen atoms in total. The standard InChI is InChI=1S/C44H37N2O.C13H12N.Ir/c1-27(2)37-25-33(32-23-21-31(22-24-32)30-14-7-6-8-15-30)26-38(28(3)4)42(37)46-41-29(5)13-11-19-39(41)45-44(46)36-18-12-17-35-34-16-9-10-20-40(34)47-43(35)36;1-10-3-6-12(7-4-10)13-8-5-11(2)9-14-13;/h6-17,19-28H,1-5H3;3-6,8-9H,1-2H3;/q2*-1;/i5D3,27D,28D;1D3,2D3;. The number of benzene rings is 7. The molecule has 1 radical (unpaired) electrons. The van der Waals surface area contributed by atoms with Crippen LogP contribution in [-0.4, -0.2) is 14.5 Å². The average Bonchev–Trinajstić information content (AvgIpc) is 3.92. The number of nitrogens with zero attached hydrogens (tertiary/aromatic N) is 3. The Hall–Kier alpha value is -6.39. The summed E-state index contributed by atoms with van der Waals surface area (Å²) in [5.41, 5.74) is 10.2. The number of aromatic nitrogens is 3. The first-order valence-corrected chi connectivity index (χ1v) is 20.1. The molecule has 0 unspecified atom stereocenters. The van der Waals surface area contributed by atoms with E-state index in [-0.39, 0.29) is 36.8 Å². The van der Waals surface area contributed by atoms with Gasteiger partial charge in [0.05, 0.1) is 22.4 Å². The largest absolute Gasteiger partial charge is 0.501 e. The van der Waals surface area contributed by atoms with Crippen molar-refractivity contribution < 1.29 is 39.6 Å². The molecule has 0 bridgehead atoms. The van der Waals surface area contributed by atoms with E-state index in [1.807, 2.05) is 105 Å². The Bertz CT molecular complexity index is 3490. The van der Waals surface area contributed by atoms with Gasteiger partial charge in [0, 0.05) is 52.5 Å². The Morgan fingerprint density at radius 1 is 0.645 bits per heavy atom. The third-order valence-corrected chi connectivity index (χ3v) is 10.8. The molecule has 0 aliphatic heterocycles. The molecule has 7 aromatic carbocycles. The fourth-order valence-corrected chi connectivity index (χ4v) is 7.80. The molecule has 309 valence electrons. The summed E-state index contributed by atoms with van der Waals surface area (Å²) in [5, 5.41) is 1.83. The second kappa shape index (κ2) is 17.9. The minimum atomic E-state index is -2.47. The van der Waals surface area contributed by atoms with Gasteiger partial charge in [-0.25, -0.2) is 0 Å². The number of rotatable bonds is 7. The van der Waals surface area contributed by atoms with Crippen LogP contribution in [0.1, 0.15) is 82.4 Å². The Morgan fingerprint density at radius 3 is 2.00 bits per heavy atom. The molecule has 0 aliphatic carbocycles. The molecule has 3 heterocycles. The summed E-state index contributed by atoms with van der Waals surface area (Å²) >= 11 is 0. The van der Waals surface area contributed by atoms with Gasteiger partial charge in [-0.2, -0.15) is 0 Å². The number of hydrogen-bond acceptors (Lipinski definition) is 3. The summed E-state index contributed by atoms with van der Waals surface area (Å²) in [5.74, 6) is -1.92. The molecule has 0 N–H and O–H groups in total. The van der Waals surface area contributed by atoms with E-state index in [0.717, 1.165) is 33.0 Å². The molecule has 0 atom stereocenters. The van der Waals surface area contributed by atoms with Gasteiger partial charge < -0.3 is 14.0 Å². The van der Waals surface area contributed by atoms with E-state index in [0.29, 0.717) is 61.7 Å². The van der Waals surface area contributed by atoms with E-state index in [2.05, 4.69) is 53.5 Å². The second-order valence-electron chi connectivity index (χ2n) is 15.4. The quantitative estimate of drug-likeness (QED) is 0.149. The maximum Gasteiger partial charge on any atom is 0.120 e. The zero-order valence-corrected chi connectivity index (χ0v) is 37.0. The summed E-state index contributed by atoms with van der Waals surface area (Å²) < 4.78 is 96.9. The number of imidazole rings is 1. The van der Waals surface area contributed by atoms with Crippen LogP contribution in [0.4, 0.5) is 0 Å². The van der Waals surface area contributed by atoms with Gasteiger partial charge in [0.25, 0.3) is 0 Å². The summed E-state index contributed by atoms with van der Waals surface area (Å²) in [6.07, 6.45) is 1.30. The van der Waals surface area contributed by atoms with Crippen molar-refractivity contribution in [3.8, 4) is 50.6 Å². The maximum atomic E-state index is 9.55. The molecule has 3 aromatic heterocycles. The first-order chi connectivity index (χ1) is 33.9. The van der Waals surface area contributed by atoms with Gasteiger partial charge in [-0.05, 0) is 100.0 Å². The number of para-hydroxylation sites is 2. The number of hydrogen-bond donors (Lipinski definition) is 0. The molecule has 0 aliphatic rings. The summed E-state index contributed by atoms with van der Waals surface area (Å²) in [6, 6.07) is 53.1. The van der Waals surface area contributed by atoms with E-state index in [4.69, 9.17) is 21.7 Å². The van der Waals surface area contributed by atoms with Crippen molar-refractivity contribution in [1.29, 1.82) is 0 Å². The predicted molar refractivity (Wildman–Crippen MR) is 254 cm³/mol. The molecule has 5 heteroatoms. The van der Waals surface area contributed by atoms with Crippen molar-refractivity contribution >= 4 is 33.0 Å². The molecule has 62 heavy (non-hydrogen) atoms. The SMILES string of the molecule is [2H]C([2H])([2H])c1c[c-]c(-c2ccc(C([2H])([2H])[2H])cn2)cc1.[2H]C([2H])([2H])c1cccc2nc(-c3[c-]ccc4c3oc3ccccc34)n(-c3c(C([2H])(C)C)cc(-c4ccc(-c5ccccc5)cc4)cc3C([2H])(C)C)c12.[Ir]. The maximum absolute atomic E-state index is 9.55. The monoisotopic (exact) mass is 995 g/mol. The third-order valence-electron chi connectivity index (χ3n) is 10.8. The van der Waals surface area contributed by atoms with Crippen molar-refractivity contribution in [2.45, 2.75) is 60.0 Å². The number of pyridine rings is 1. The van der Waals surface area contributed by atoms with Crippen LogP contribution in [0, 0.1) is 32.7 Å². The van der Waals surface area contributed by atoms with E-state index in [1.54, 1.807) is 24.3 Å². The van der Waals surface area contributed by atoms with Crippen LogP contribution >= 0.6 is 0 Å². The molecule has 0 saturated heterocycles. The fourth-order valence-electron chi connectivity index (χ4n) is 7.80. The summed E-state index contributed by atoms with van der Waals surface area (Å²) in [6.45, 7) is 0.481. The minimum Gasteiger partial charge on any atom is -0.501 e. The van der Waals surface area contributed by atoms with E-state index in [9.17, 15) is 2.74 Å². The molecular formula is C57H49IrN3O-2. The molecule has 10 aromatic rings. The summed E-state index contributed by atoms with van der Waals surface area (Å²) in [7, 11) is 0.